The minimum Gasteiger partial charge on any atom is -0.350 e. The summed E-state index contributed by atoms with van der Waals surface area (Å²) in [5.74, 6) is -0.962. The van der Waals surface area contributed by atoms with E-state index < -0.39 is 47.5 Å². The van der Waals surface area contributed by atoms with E-state index in [4.69, 9.17) is 9.47 Å². The van der Waals surface area contributed by atoms with E-state index in [0.717, 1.165) is 12.1 Å². The number of carbonyl (C=O) groups is 1. The Morgan fingerprint density at radius 3 is 2.10 bits per heavy atom. The van der Waals surface area contributed by atoms with Crippen LogP contribution in [0.5, 0.6) is 0 Å². The van der Waals surface area contributed by atoms with Crippen molar-refractivity contribution in [1.29, 1.82) is 0 Å². The van der Waals surface area contributed by atoms with E-state index in [1.165, 1.54) is 12.1 Å². The minimum atomic E-state index is -4.94. The first-order chi connectivity index (χ1) is 14.4. The predicted octanol–water partition coefficient (Wildman–Crippen LogP) is 4.64. The number of hydrogen-bond donors (Lipinski definition) is 1. The van der Waals surface area contributed by atoms with Gasteiger partial charge in [0.05, 0.1) is 17.7 Å². The van der Waals surface area contributed by atoms with Crippen molar-refractivity contribution >= 4 is 5.91 Å². The predicted molar refractivity (Wildman–Crippen MR) is 93.1 cm³/mol. The Morgan fingerprint density at radius 1 is 0.968 bits per heavy atom. The highest BCUT2D eigenvalue weighted by Gasteiger charge is 2.37. The van der Waals surface area contributed by atoms with Gasteiger partial charge in [0.15, 0.2) is 6.29 Å². The van der Waals surface area contributed by atoms with Crippen molar-refractivity contribution in [3.05, 3.63) is 70.5 Å². The monoisotopic (exact) mass is 451 g/mol. The van der Waals surface area contributed by atoms with Gasteiger partial charge in [-0.2, -0.15) is 26.3 Å². The van der Waals surface area contributed by atoms with Crippen LogP contribution in [0.2, 0.25) is 0 Å². The van der Waals surface area contributed by atoms with E-state index in [1.807, 2.05) is 0 Å². The zero-order chi connectivity index (χ0) is 22.8. The first-order valence-electron chi connectivity index (χ1n) is 9.00. The second kappa shape index (κ2) is 8.83. The number of hydrogen-bond acceptors (Lipinski definition) is 3. The summed E-state index contributed by atoms with van der Waals surface area (Å²) in [4.78, 5) is 11.6. The lowest BCUT2D eigenvalue weighted by atomic mass is 10.0. The number of amides is 1. The molecule has 0 saturated carbocycles. The minimum absolute atomic E-state index is 0.0503. The number of alkyl halides is 6. The van der Waals surface area contributed by atoms with Crippen LogP contribution in [0.1, 0.15) is 28.3 Å². The standard InChI is InChI=1S/C20H16F7NO3/c21-15-3-1-12(2-4-15)17-18(31-10-16(29)28-17)30-6-5-11-7-13(19(22,23)24)9-14(8-11)20(25,26)27/h1-4,7-9,17-18H,5-6,10H2,(H,28,29)/t17-,18-/m1/s1. The highest BCUT2D eigenvalue weighted by atomic mass is 19.4. The van der Waals surface area contributed by atoms with Gasteiger partial charge in [0.2, 0.25) is 5.91 Å². The molecule has 168 valence electrons. The van der Waals surface area contributed by atoms with Crippen molar-refractivity contribution in [2.45, 2.75) is 31.1 Å². The quantitative estimate of drug-likeness (QED) is 0.675. The van der Waals surface area contributed by atoms with Gasteiger partial charge in [0.1, 0.15) is 18.5 Å². The average Bonchev–Trinajstić information content (AvgIpc) is 2.68. The number of carbonyl (C=O) groups excluding carboxylic acids is 1. The molecule has 0 radical (unpaired) electrons. The number of morpholine rings is 1. The van der Waals surface area contributed by atoms with E-state index in [9.17, 15) is 35.5 Å². The van der Waals surface area contributed by atoms with Crippen molar-refractivity contribution in [3.63, 3.8) is 0 Å². The maximum atomic E-state index is 13.1. The summed E-state index contributed by atoms with van der Waals surface area (Å²) in [6.45, 7) is -0.624. The van der Waals surface area contributed by atoms with Crippen LogP contribution in [0.25, 0.3) is 0 Å². The molecule has 1 saturated heterocycles. The van der Waals surface area contributed by atoms with Crippen LogP contribution in [-0.4, -0.2) is 25.4 Å². The zero-order valence-corrected chi connectivity index (χ0v) is 15.7. The molecular weight excluding hydrogens is 435 g/mol. The van der Waals surface area contributed by atoms with E-state index in [0.29, 0.717) is 17.7 Å². The molecule has 1 aliphatic rings. The van der Waals surface area contributed by atoms with Crippen LogP contribution in [0.15, 0.2) is 42.5 Å². The summed E-state index contributed by atoms with van der Waals surface area (Å²) >= 11 is 0. The molecule has 0 unspecified atom stereocenters. The normalized spacial score (nSPS) is 19.9. The molecule has 2 atom stereocenters. The van der Waals surface area contributed by atoms with Gasteiger partial charge in [-0.05, 0) is 47.9 Å². The summed E-state index contributed by atoms with van der Waals surface area (Å²) in [6.07, 6.45) is -11.2. The lowest BCUT2D eigenvalue weighted by Gasteiger charge is -2.32. The highest BCUT2D eigenvalue weighted by Crippen LogP contribution is 2.36. The molecule has 31 heavy (non-hydrogen) atoms. The first-order valence-corrected chi connectivity index (χ1v) is 9.00. The second-order valence-electron chi connectivity index (χ2n) is 6.81. The molecule has 2 aromatic rings. The number of ether oxygens (including phenoxy) is 2. The number of rotatable bonds is 5. The Kier molecular flexibility index (Phi) is 6.56. The van der Waals surface area contributed by atoms with Gasteiger partial charge in [-0.1, -0.05) is 12.1 Å². The Morgan fingerprint density at radius 2 is 1.55 bits per heavy atom. The topological polar surface area (TPSA) is 47.6 Å². The fraction of sp³-hybridized carbons (Fsp3) is 0.350. The third kappa shape index (κ3) is 5.95. The van der Waals surface area contributed by atoms with Gasteiger partial charge >= 0.3 is 12.4 Å². The summed E-state index contributed by atoms with van der Waals surface area (Å²) < 4.78 is 102. The van der Waals surface area contributed by atoms with Gasteiger partial charge in [-0.3, -0.25) is 4.79 Å². The molecule has 11 heteroatoms. The van der Waals surface area contributed by atoms with E-state index in [-0.39, 0.29) is 31.3 Å². The summed E-state index contributed by atoms with van der Waals surface area (Å²) in [6, 6.07) is 5.59. The van der Waals surface area contributed by atoms with Crippen molar-refractivity contribution in [3.8, 4) is 0 Å². The molecule has 1 heterocycles. The SMILES string of the molecule is O=C1CO[C@@H](OCCc2cc(C(F)(F)F)cc(C(F)(F)F)c2)[C@@H](c2ccc(F)cc2)N1. The molecule has 0 spiro atoms. The molecule has 3 rings (SSSR count). The van der Waals surface area contributed by atoms with Crippen LogP contribution >= 0.6 is 0 Å². The fourth-order valence-electron chi connectivity index (χ4n) is 3.05. The Labute approximate surface area is 171 Å². The van der Waals surface area contributed by atoms with Crippen molar-refractivity contribution in [2.75, 3.05) is 13.2 Å². The van der Waals surface area contributed by atoms with Crippen LogP contribution in [0, 0.1) is 5.82 Å². The van der Waals surface area contributed by atoms with Gasteiger partial charge in [-0.25, -0.2) is 4.39 Å². The lowest BCUT2D eigenvalue weighted by Crippen LogP contribution is -2.47. The molecule has 1 fully saturated rings. The third-order valence-corrected chi connectivity index (χ3v) is 4.52. The van der Waals surface area contributed by atoms with Crippen molar-refractivity contribution in [1.82, 2.24) is 5.32 Å². The number of benzene rings is 2. The molecule has 2 aromatic carbocycles. The van der Waals surface area contributed by atoms with Crippen LogP contribution < -0.4 is 5.32 Å². The summed E-state index contributed by atoms with van der Waals surface area (Å²) in [5.41, 5.74) is -2.59. The largest absolute Gasteiger partial charge is 0.416 e. The van der Waals surface area contributed by atoms with Gasteiger partial charge in [-0.15, -0.1) is 0 Å². The molecule has 0 aromatic heterocycles. The number of halogens is 7. The molecule has 4 nitrogen and oxygen atoms in total. The lowest BCUT2D eigenvalue weighted by molar-refractivity contribution is -0.186. The smallest absolute Gasteiger partial charge is 0.350 e. The maximum Gasteiger partial charge on any atom is 0.416 e. The van der Waals surface area contributed by atoms with Crippen molar-refractivity contribution in [2.24, 2.45) is 0 Å². The number of nitrogens with one attached hydrogen (secondary N) is 1. The Bertz CT molecular complexity index is 894. The molecular formula is C20H16F7NO3. The average molecular weight is 451 g/mol. The third-order valence-electron chi connectivity index (χ3n) is 4.52. The summed E-state index contributed by atoms with van der Waals surface area (Å²) in [7, 11) is 0. The molecule has 0 bridgehead atoms. The van der Waals surface area contributed by atoms with E-state index in [1.54, 1.807) is 0 Å². The Hall–Kier alpha value is -2.66. The molecule has 1 aliphatic heterocycles. The Balaban J connectivity index is 1.73. The molecule has 1 N–H and O–H groups in total. The molecule has 1 amide bonds. The summed E-state index contributed by atoms with van der Waals surface area (Å²) in [5, 5.41) is 2.60. The first kappa shape index (κ1) is 23.0. The van der Waals surface area contributed by atoms with Crippen LogP contribution in [0.4, 0.5) is 30.7 Å². The van der Waals surface area contributed by atoms with Crippen LogP contribution in [0.3, 0.4) is 0 Å². The van der Waals surface area contributed by atoms with Gasteiger partial charge in [0, 0.05) is 0 Å². The highest BCUT2D eigenvalue weighted by molar-refractivity contribution is 5.78. The van der Waals surface area contributed by atoms with Gasteiger partial charge < -0.3 is 14.8 Å². The molecule has 0 aliphatic carbocycles. The van der Waals surface area contributed by atoms with E-state index >= 15 is 0 Å². The zero-order valence-electron chi connectivity index (χ0n) is 15.7. The van der Waals surface area contributed by atoms with Gasteiger partial charge in [0.25, 0.3) is 0 Å². The van der Waals surface area contributed by atoms with Crippen molar-refractivity contribution < 1.29 is 45.0 Å². The van der Waals surface area contributed by atoms with Crippen LogP contribution in [-0.2, 0) is 33.0 Å². The maximum absolute atomic E-state index is 13.1. The van der Waals surface area contributed by atoms with E-state index in [2.05, 4.69) is 5.32 Å². The fourth-order valence-corrected chi connectivity index (χ4v) is 3.05. The second-order valence-corrected chi connectivity index (χ2v) is 6.81.